The van der Waals surface area contributed by atoms with Gasteiger partial charge in [0, 0.05) is 19.1 Å². The van der Waals surface area contributed by atoms with Crippen LogP contribution in [0.2, 0.25) is 0 Å². The van der Waals surface area contributed by atoms with Crippen LogP contribution < -0.4 is 5.32 Å². The molecule has 0 aromatic carbocycles. The number of urea groups is 1. The molecule has 0 bridgehead atoms. The van der Waals surface area contributed by atoms with Crippen LogP contribution in [0.25, 0.3) is 0 Å². The number of piperidine rings is 1. The van der Waals surface area contributed by atoms with Gasteiger partial charge in [-0.15, -0.1) is 0 Å². The van der Waals surface area contributed by atoms with Crippen molar-refractivity contribution in [2.75, 3.05) is 13.1 Å². The maximum Gasteiger partial charge on any atom is 0.317 e. The van der Waals surface area contributed by atoms with Crippen molar-refractivity contribution < 1.29 is 14.7 Å². The molecule has 5 heteroatoms. The third-order valence-corrected chi connectivity index (χ3v) is 3.95. The molecule has 1 aliphatic heterocycles. The third-order valence-electron chi connectivity index (χ3n) is 3.95. The Balaban J connectivity index is 2.00. The Morgan fingerprint density at radius 3 is 2.72 bits per heavy atom. The lowest BCUT2D eigenvalue weighted by Crippen LogP contribution is -2.53. The summed E-state index contributed by atoms with van der Waals surface area (Å²) in [5.74, 6) is -0.756. The number of nitrogens with one attached hydrogen (secondary N) is 1. The fourth-order valence-electron chi connectivity index (χ4n) is 2.76. The van der Waals surface area contributed by atoms with Gasteiger partial charge in [-0.05, 0) is 32.1 Å². The molecule has 18 heavy (non-hydrogen) atoms. The molecule has 1 atom stereocenters. The molecule has 2 fully saturated rings. The molecule has 5 nitrogen and oxygen atoms in total. The predicted octanol–water partition coefficient (Wildman–Crippen LogP) is 1.83. The Kier molecular flexibility index (Phi) is 3.78. The van der Waals surface area contributed by atoms with Gasteiger partial charge in [-0.25, -0.2) is 4.79 Å². The van der Waals surface area contributed by atoms with E-state index in [4.69, 9.17) is 0 Å². The molecule has 0 radical (unpaired) electrons. The number of hydrogen-bond acceptors (Lipinski definition) is 2. The first-order valence-electron chi connectivity index (χ1n) is 6.86. The maximum atomic E-state index is 12.0. The molecule has 2 N–H and O–H groups in total. The van der Waals surface area contributed by atoms with E-state index < -0.39 is 11.4 Å². The van der Waals surface area contributed by atoms with Gasteiger partial charge >= 0.3 is 12.0 Å². The van der Waals surface area contributed by atoms with Crippen LogP contribution in [-0.2, 0) is 4.79 Å². The SMILES string of the molecule is CCCC1(C(=O)O)CCCN(C(=O)NC2CC2)C1. The molecule has 2 amide bonds. The second-order valence-electron chi connectivity index (χ2n) is 5.58. The summed E-state index contributed by atoms with van der Waals surface area (Å²) in [5.41, 5.74) is -0.728. The zero-order valence-corrected chi connectivity index (χ0v) is 10.9. The van der Waals surface area contributed by atoms with Crippen LogP contribution in [0.15, 0.2) is 0 Å². The van der Waals surface area contributed by atoms with E-state index in [1.807, 2.05) is 6.92 Å². The number of aliphatic carboxylic acids is 1. The predicted molar refractivity (Wildman–Crippen MR) is 67.3 cm³/mol. The van der Waals surface area contributed by atoms with Crippen LogP contribution in [0.4, 0.5) is 4.79 Å². The Bertz CT molecular complexity index is 337. The van der Waals surface area contributed by atoms with Crippen molar-refractivity contribution in [3.63, 3.8) is 0 Å². The average molecular weight is 254 g/mol. The van der Waals surface area contributed by atoms with Gasteiger partial charge in [0.05, 0.1) is 5.41 Å². The number of carbonyl (C=O) groups excluding carboxylic acids is 1. The first-order chi connectivity index (χ1) is 8.57. The zero-order valence-electron chi connectivity index (χ0n) is 10.9. The minimum absolute atomic E-state index is 0.0843. The fraction of sp³-hybridized carbons (Fsp3) is 0.846. The molecule has 1 saturated heterocycles. The highest BCUT2D eigenvalue weighted by Gasteiger charge is 2.43. The largest absolute Gasteiger partial charge is 0.481 e. The molecule has 2 aliphatic rings. The molecule has 1 heterocycles. The van der Waals surface area contributed by atoms with Crippen LogP contribution >= 0.6 is 0 Å². The minimum Gasteiger partial charge on any atom is -0.481 e. The van der Waals surface area contributed by atoms with Crippen molar-refractivity contribution in [2.45, 2.75) is 51.5 Å². The minimum atomic E-state index is -0.756. The molecule has 1 aliphatic carbocycles. The highest BCUT2D eigenvalue weighted by molar-refractivity contribution is 5.79. The first kappa shape index (κ1) is 13.2. The van der Waals surface area contributed by atoms with Gasteiger partial charge in [0.15, 0.2) is 0 Å². The van der Waals surface area contributed by atoms with Crippen molar-refractivity contribution in [1.82, 2.24) is 10.2 Å². The summed E-state index contributed by atoms with van der Waals surface area (Å²) < 4.78 is 0. The number of likely N-dealkylation sites (tertiary alicyclic amines) is 1. The summed E-state index contributed by atoms with van der Waals surface area (Å²) in [7, 11) is 0. The van der Waals surface area contributed by atoms with E-state index >= 15 is 0 Å². The van der Waals surface area contributed by atoms with Crippen molar-refractivity contribution in [3.8, 4) is 0 Å². The van der Waals surface area contributed by atoms with E-state index in [1.54, 1.807) is 4.90 Å². The number of nitrogens with zero attached hydrogens (tertiary/aromatic N) is 1. The van der Waals surface area contributed by atoms with Gasteiger partial charge in [-0.1, -0.05) is 13.3 Å². The standard InChI is InChI=1S/C13H22N2O3/c1-2-6-13(11(16)17)7-3-8-15(9-13)12(18)14-10-4-5-10/h10H,2-9H2,1H3,(H,14,18)(H,16,17). The van der Waals surface area contributed by atoms with Gasteiger partial charge in [-0.3, -0.25) is 4.79 Å². The smallest absolute Gasteiger partial charge is 0.317 e. The molecule has 1 unspecified atom stereocenters. The highest BCUT2D eigenvalue weighted by atomic mass is 16.4. The summed E-state index contributed by atoms with van der Waals surface area (Å²) >= 11 is 0. The summed E-state index contributed by atoms with van der Waals surface area (Å²) in [6, 6.07) is 0.240. The Morgan fingerprint density at radius 1 is 1.44 bits per heavy atom. The van der Waals surface area contributed by atoms with Crippen LogP contribution in [0.5, 0.6) is 0 Å². The van der Waals surface area contributed by atoms with Crippen molar-refractivity contribution in [2.24, 2.45) is 5.41 Å². The van der Waals surface area contributed by atoms with E-state index in [-0.39, 0.29) is 6.03 Å². The summed E-state index contributed by atoms with van der Waals surface area (Å²) in [6.07, 6.45) is 5.06. The normalized spacial score (nSPS) is 27.9. The number of rotatable bonds is 4. The van der Waals surface area contributed by atoms with Crippen LogP contribution in [0.1, 0.15) is 45.4 Å². The first-order valence-corrected chi connectivity index (χ1v) is 6.86. The van der Waals surface area contributed by atoms with Crippen LogP contribution in [-0.4, -0.2) is 41.1 Å². The number of hydrogen-bond donors (Lipinski definition) is 2. The quantitative estimate of drug-likeness (QED) is 0.804. The molecule has 1 saturated carbocycles. The van der Waals surface area contributed by atoms with Gasteiger partial charge in [-0.2, -0.15) is 0 Å². The van der Waals surface area contributed by atoms with E-state index in [2.05, 4.69) is 5.32 Å². The van der Waals surface area contributed by atoms with Gasteiger partial charge in [0.1, 0.15) is 0 Å². The zero-order chi connectivity index (χ0) is 13.2. The summed E-state index contributed by atoms with van der Waals surface area (Å²) in [5, 5.41) is 12.4. The van der Waals surface area contributed by atoms with Crippen LogP contribution in [0, 0.1) is 5.41 Å². The lowest BCUT2D eigenvalue weighted by molar-refractivity contribution is -0.152. The maximum absolute atomic E-state index is 12.0. The van der Waals surface area contributed by atoms with Crippen molar-refractivity contribution in [3.05, 3.63) is 0 Å². The summed E-state index contributed by atoms with van der Waals surface area (Å²) in [4.78, 5) is 25.2. The van der Waals surface area contributed by atoms with E-state index in [0.717, 1.165) is 25.7 Å². The van der Waals surface area contributed by atoms with Crippen molar-refractivity contribution in [1.29, 1.82) is 0 Å². The molecule has 102 valence electrons. The number of carbonyl (C=O) groups is 2. The monoisotopic (exact) mass is 254 g/mol. The topological polar surface area (TPSA) is 69.6 Å². The Morgan fingerprint density at radius 2 is 2.17 bits per heavy atom. The van der Waals surface area contributed by atoms with Gasteiger partial charge in [0.2, 0.25) is 0 Å². The summed E-state index contributed by atoms with van der Waals surface area (Å²) in [6.45, 7) is 3.03. The van der Waals surface area contributed by atoms with E-state index in [0.29, 0.717) is 32.0 Å². The number of amides is 2. The molecule has 2 rings (SSSR count). The Labute approximate surface area is 108 Å². The van der Waals surface area contributed by atoms with E-state index in [1.165, 1.54) is 0 Å². The lowest BCUT2D eigenvalue weighted by atomic mass is 9.76. The number of carboxylic acid groups (broad SMARTS) is 1. The van der Waals surface area contributed by atoms with Crippen molar-refractivity contribution >= 4 is 12.0 Å². The average Bonchev–Trinajstić information content (AvgIpc) is 3.13. The third kappa shape index (κ3) is 2.76. The fourth-order valence-corrected chi connectivity index (χ4v) is 2.76. The van der Waals surface area contributed by atoms with Gasteiger partial charge in [0.25, 0.3) is 0 Å². The highest BCUT2D eigenvalue weighted by Crippen LogP contribution is 2.35. The molecular formula is C13H22N2O3. The number of carboxylic acids is 1. The second-order valence-corrected chi connectivity index (χ2v) is 5.58. The van der Waals surface area contributed by atoms with Crippen LogP contribution in [0.3, 0.4) is 0 Å². The second kappa shape index (κ2) is 5.16. The van der Waals surface area contributed by atoms with Gasteiger partial charge < -0.3 is 15.3 Å². The lowest BCUT2D eigenvalue weighted by Gasteiger charge is -2.39. The molecular weight excluding hydrogens is 232 g/mol. The van der Waals surface area contributed by atoms with E-state index in [9.17, 15) is 14.7 Å². The Hall–Kier alpha value is -1.26. The molecule has 0 spiro atoms. The molecule has 0 aromatic rings. The molecule has 0 aromatic heterocycles.